The van der Waals surface area contributed by atoms with Gasteiger partial charge in [0.2, 0.25) is 0 Å². The quantitative estimate of drug-likeness (QED) is 0.538. The highest BCUT2D eigenvalue weighted by Crippen LogP contribution is 2.27. The first-order valence-corrected chi connectivity index (χ1v) is 9.42. The minimum atomic E-state index is -0.191. The summed E-state index contributed by atoms with van der Waals surface area (Å²) in [7, 11) is 1.64. The summed E-state index contributed by atoms with van der Waals surface area (Å²) in [6.07, 6.45) is 0. The Morgan fingerprint density at radius 2 is 1.75 bits per heavy atom. The van der Waals surface area contributed by atoms with E-state index in [4.69, 9.17) is 4.74 Å². The minimum Gasteiger partial charge on any atom is -0.496 e. The number of imide groups is 1. The maximum atomic E-state index is 12.3. The summed E-state index contributed by atoms with van der Waals surface area (Å²) in [6.45, 7) is 0.425. The highest BCUT2D eigenvalue weighted by Gasteiger charge is 2.34. The molecule has 0 saturated carbocycles. The molecule has 1 aliphatic rings. The van der Waals surface area contributed by atoms with Crippen LogP contribution in [0.2, 0.25) is 0 Å². The van der Waals surface area contributed by atoms with E-state index in [-0.39, 0.29) is 11.8 Å². The number of carbonyl (C=O) groups excluding carboxylic acids is 2. The Morgan fingerprint density at radius 3 is 2.33 bits per heavy atom. The van der Waals surface area contributed by atoms with Gasteiger partial charge in [0.15, 0.2) is 0 Å². The van der Waals surface area contributed by atoms with E-state index in [2.05, 4.69) is 15.9 Å². The van der Waals surface area contributed by atoms with Crippen molar-refractivity contribution in [1.82, 2.24) is 4.90 Å². The van der Waals surface area contributed by atoms with Crippen LogP contribution in [0.15, 0.2) is 46.9 Å². The van der Waals surface area contributed by atoms with Gasteiger partial charge in [-0.1, -0.05) is 18.2 Å². The van der Waals surface area contributed by atoms with Gasteiger partial charge in [-0.05, 0) is 45.8 Å². The number of thioether (sulfide) groups is 1. The van der Waals surface area contributed by atoms with Gasteiger partial charge in [0, 0.05) is 18.1 Å². The molecule has 0 saturated heterocycles. The van der Waals surface area contributed by atoms with Gasteiger partial charge in [0.25, 0.3) is 11.8 Å². The van der Waals surface area contributed by atoms with Crippen LogP contribution in [0.1, 0.15) is 26.3 Å². The summed E-state index contributed by atoms with van der Waals surface area (Å²) in [6, 6.07) is 12.9. The first-order valence-electron chi connectivity index (χ1n) is 7.47. The molecule has 0 spiro atoms. The number of rotatable bonds is 6. The van der Waals surface area contributed by atoms with Gasteiger partial charge < -0.3 is 4.74 Å². The van der Waals surface area contributed by atoms with Crippen molar-refractivity contribution in [3.8, 4) is 5.75 Å². The second-order valence-electron chi connectivity index (χ2n) is 5.33. The Balaban J connectivity index is 1.54. The van der Waals surface area contributed by atoms with Crippen molar-refractivity contribution in [3.63, 3.8) is 0 Å². The Morgan fingerprint density at radius 1 is 1.08 bits per heavy atom. The fourth-order valence-electron chi connectivity index (χ4n) is 2.59. The van der Waals surface area contributed by atoms with E-state index in [1.165, 1.54) is 4.90 Å². The molecule has 0 aliphatic carbocycles. The second kappa shape index (κ2) is 7.40. The first-order chi connectivity index (χ1) is 11.6. The summed E-state index contributed by atoms with van der Waals surface area (Å²) in [4.78, 5) is 25.9. The first kappa shape index (κ1) is 17.0. The van der Waals surface area contributed by atoms with Crippen LogP contribution in [0.4, 0.5) is 0 Å². The molecular formula is C18H16BrNO3S. The zero-order valence-electron chi connectivity index (χ0n) is 13.1. The number of ether oxygens (including phenoxy) is 1. The fourth-order valence-corrected chi connectivity index (χ4v) is 4.05. The number of amides is 2. The van der Waals surface area contributed by atoms with Crippen molar-refractivity contribution in [3.05, 3.63) is 63.6 Å². The van der Waals surface area contributed by atoms with Crippen LogP contribution in [-0.2, 0) is 5.75 Å². The number of methoxy groups -OCH3 is 1. The number of benzene rings is 2. The summed E-state index contributed by atoms with van der Waals surface area (Å²) in [5.41, 5.74) is 2.17. The molecule has 0 N–H and O–H groups in total. The highest BCUT2D eigenvalue weighted by molar-refractivity contribution is 9.10. The maximum absolute atomic E-state index is 12.3. The Kier molecular flexibility index (Phi) is 5.26. The van der Waals surface area contributed by atoms with Crippen molar-refractivity contribution in [1.29, 1.82) is 0 Å². The predicted octanol–water partition coefficient (Wildman–Crippen LogP) is 3.99. The molecule has 4 nitrogen and oxygen atoms in total. The summed E-state index contributed by atoms with van der Waals surface area (Å²) < 4.78 is 6.13. The largest absolute Gasteiger partial charge is 0.496 e. The van der Waals surface area contributed by atoms with Gasteiger partial charge in [0.1, 0.15) is 5.75 Å². The number of halogens is 1. The topological polar surface area (TPSA) is 46.6 Å². The standard InChI is InChI=1S/C18H16BrNO3S/c1-23-16-7-6-12(10-15(16)19)11-24-9-8-20-17(21)13-4-2-3-5-14(13)18(20)22/h2-7,10H,8-9,11H2,1H3. The van der Waals surface area contributed by atoms with Crippen LogP contribution >= 0.6 is 27.7 Å². The van der Waals surface area contributed by atoms with Crippen molar-refractivity contribution in [2.75, 3.05) is 19.4 Å². The van der Waals surface area contributed by atoms with E-state index in [1.54, 1.807) is 43.1 Å². The van der Waals surface area contributed by atoms with Gasteiger partial charge in [0.05, 0.1) is 22.7 Å². The maximum Gasteiger partial charge on any atom is 0.261 e. The van der Waals surface area contributed by atoms with E-state index in [0.29, 0.717) is 23.4 Å². The minimum absolute atomic E-state index is 0.191. The lowest BCUT2D eigenvalue weighted by molar-refractivity contribution is 0.0664. The molecule has 0 atom stereocenters. The molecule has 1 heterocycles. The molecule has 2 amide bonds. The van der Waals surface area contributed by atoms with E-state index in [9.17, 15) is 9.59 Å². The van der Waals surface area contributed by atoms with Crippen molar-refractivity contribution >= 4 is 39.5 Å². The monoisotopic (exact) mass is 405 g/mol. The number of hydrogen-bond acceptors (Lipinski definition) is 4. The van der Waals surface area contributed by atoms with Crippen LogP contribution in [-0.4, -0.2) is 36.1 Å². The van der Waals surface area contributed by atoms with E-state index in [1.807, 2.05) is 18.2 Å². The van der Waals surface area contributed by atoms with Crippen LogP contribution in [0.3, 0.4) is 0 Å². The summed E-state index contributed by atoms with van der Waals surface area (Å²) in [5.74, 6) is 1.93. The summed E-state index contributed by atoms with van der Waals surface area (Å²) in [5, 5.41) is 0. The number of nitrogens with zero attached hydrogens (tertiary/aromatic N) is 1. The van der Waals surface area contributed by atoms with Gasteiger partial charge in [-0.2, -0.15) is 11.8 Å². The van der Waals surface area contributed by atoms with E-state index < -0.39 is 0 Å². The zero-order chi connectivity index (χ0) is 17.1. The lowest BCUT2D eigenvalue weighted by atomic mass is 10.1. The second-order valence-corrected chi connectivity index (χ2v) is 7.29. The Hall–Kier alpha value is -1.79. The van der Waals surface area contributed by atoms with Crippen LogP contribution < -0.4 is 4.74 Å². The smallest absolute Gasteiger partial charge is 0.261 e. The molecule has 124 valence electrons. The van der Waals surface area contributed by atoms with Gasteiger partial charge >= 0.3 is 0 Å². The average molecular weight is 406 g/mol. The third-order valence-corrected chi connectivity index (χ3v) is 5.45. The van der Waals surface area contributed by atoms with Gasteiger partial charge in [-0.25, -0.2) is 0 Å². The molecule has 2 aromatic rings. The predicted molar refractivity (Wildman–Crippen MR) is 98.7 cm³/mol. The Bertz CT molecular complexity index is 759. The van der Waals surface area contributed by atoms with Crippen LogP contribution in [0.25, 0.3) is 0 Å². The molecule has 1 aliphatic heterocycles. The summed E-state index contributed by atoms with van der Waals surface area (Å²) >= 11 is 5.16. The molecule has 3 rings (SSSR count). The molecule has 0 unspecified atom stereocenters. The molecule has 0 aromatic heterocycles. The normalized spacial score (nSPS) is 13.3. The fraction of sp³-hybridized carbons (Fsp3) is 0.222. The van der Waals surface area contributed by atoms with Crippen LogP contribution in [0.5, 0.6) is 5.75 Å². The van der Waals surface area contributed by atoms with Gasteiger partial charge in [-0.3, -0.25) is 14.5 Å². The molecule has 24 heavy (non-hydrogen) atoms. The van der Waals surface area contributed by atoms with Crippen molar-refractivity contribution in [2.24, 2.45) is 0 Å². The number of fused-ring (bicyclic) bond motifs is 1. The van der Waals surface area contributed by atoms with Crippen molar-refractivity contribution in [2.45, 2.75) is 5.75 Å². The third-order valence-electron chi connectivity index (χ3n) is 3.82. The highest BCUT2D eigenvalue weighted by atomic mass is 79.9. The lowest BCUT2D eigenvalue weighted by Gasteiger charge is -2.13. The van der Waals surface area contributed by atoms with E-state index >= 15 is 0 Å². The molecule has 0 bridgehead atoms. The number of carbonyl (C=O) groups is 2. The SMILES string of the molecule is COc1ccc(CSCCN2C(=O)c3ccccc3C2=O)cc1Br. The van der Waals surface area contributed by atoms with E-state index in [0.717, 1.165) is 21.5 Å². The van der Waals surface area contributed by atoms with Gasteiger partial charge in [-0.15, -0.1) is 0 Å². The zero-order valence-corrected chi connectivity index (χ0v) is 15.5. The molecular weight excluding hydrogens is 390 g/mol. The Labute approximate surface area is 153 Å². The van der Waals surface area contributed by atoms with Crippen molar-refractivity contribution < 1.29 is 14.3 Å². The lowest BCUT2D eigenvalue weighted by Crippen LogP contribution is -2.31. The van der Waals surface area contributed by atoms with Crippen LogP contribution in [0, 0.1) is 0 Å². The third kappa shape index (κ3) is 3.35. The molecule has 2 aromatic carbocycles. The molecule has 0 fully saturated rings. The average Bonchev–Trinajstić information content (AvgIpc) is 2.84. The molecule has 0 radical (unpaired) electrons. The number of hydrogen-bond donors (Lipinski definition) is 0. The molecule has 6 heteroatoms.